The molecule has 1 atom stereocenters. The molecule has 0 radical (unpaired) electrons. The van der Waals surface area contributed by atoms with Crippen LogP contribution in [0.2, 0.25) is 0 Å². The second-order valence-electron chi connectivity index (χ2n) is 7.58. The van der Waals surface area contributed by atoms with Crippen LogP contribution in [0.15, 0.2) is 57.7 Å². The van der Waals surface area contributed by atoms with E-state index in [-0.39, 0.29) is 18.2 Å². The van der Waals surface area contributed by atoms with Crippen LogP contribution in [0, 0.1) is 0 Å². The molecular formula is C24H28N2O6. The van der Waals surface area contributed by atoms with Gasteiger partial charge in [0.15, 0.2) is 11.5 Å². The maximum absolute atomic E-state index is 13.2. The maximum atomic E-state index is 13.2. The van der Waals surface area contributed by atoms with Gasteiger partial charge in [0.25, 0.3) is 5.91 Å². The Morgan fingerprint density at radius 1 is 1.16 bits per heavy atom. The predicted octanol–water partition coefficient (Wildman–Crippen LogP) is 5.01. The number of aromatic nitrogens is 1. The van der Waals surface area contributed by atoms with Gasteiger partial charge in [-0.1, -0.05) is 23.4 Å². The molecule has 0 aliphatic heterocycles. The van der Waals surface area contributed by atoms with Gasteiger partial charge in [0.2, 0.25) is 5.76 Å². The monoisotopic (exact) mass is 441 g/mol. The van der Waals surface area contributed by atoms with E-state index < -0.39 is 18.4 Å². The summed E-state index contributed by atoms with van der Waals surface area (Å²) < 4.78 is 25.3. The van der Waals surface area contributed by atoms with E-state index in [0.29, 0.717) is 42.3 Å². The Balaban J connectivity index is 1.71. The van der Waals surface area contributed by atoms with Gasteiger partial charge >= 0.3 is 5.97 Å². The normalized spacial score (nSPS) is 12.4. The third-order valence-corrected chi connectivity index (χ3v) is 4.77. The Bertz CT molecular complexity index is 1050. The van der Waals surface area contributed by atoms with Crippen molar-refractivity contribution in [1.29, 1.82) is 0 Å². The second kappa shape index (κ2) is 11.2. The Kier molecular flexibility index (Phi) is 7.57. The van der Waals surface area contributed by atoms with Crippen molar-refractivity contribution in [2.75, 3.05) is 6.61 Å². The molecule has 0 spiro atoms. The average Bonchev–Trinajstić information content (AvgIpc) is 3.48. The van der Waals surface area contributed by atoms with Crippen molar-refractivity contribution >= 4 is 11.9 Å². The molecule has 1 aromatic carbocycles. The summed E-state index contributed by atoms with van der Waals surface area (Å²) in [5, 5.41) is 12.6. The van der Waals surface area contributed by atoms with E-state index in [1.807, 2.05) is 19.9 Å². The molecule has 3 aromatic rings. The first-order chi connectivity index (χ1) is 15.9. The fourth-order valence-corrected chi connectivity index (χ4v) is 3.09. The molecule has 1 amide bonds. The number of nitrogens with zero attached hydrogens (tertiary/aromatic N) is 2. The fourth-order valence-electron chi connectivity index (χ4n) is 3.09. The lowest BCUT2D eigenvalue weighted by Gasteiger charge is -2.26. The van der Waals surface area contributed by atoms with Crippen molar-refractivity contribution in [3.63, 3.8) is 0 Å². The molecule has 0 bridgehead atoms. The van der Waals surface area contributed by atoms with Gasteiger partial charge < -0.3 is 23.7 Å². The number of aliphatic carboxylic acids is 1. The SMILES string of the molecule is [2H]C(c1ccccc1OCCCCCC(=O)O)N(C(=O)c1cc(-c2ccco2)on1)C(C)C. The van der Waals surface area contributed by atoms with Crippen molar-refractivity contribution < 1.29 is 29.7 Å². The molecule has 0 aliphatic carbocycles. The predicted molar refractivity (Wildman–Crippen MR) is 117 cm³/mol. The molecule has 1 unspecified atom stereocenters. The summed E-state index contributed by atoms with van der Waals surface area (Å²) >= 11 is 0. The first-order valence-electron chi connectivity index (χ1n) is 11.1. The summed E-state index contributed by atoms with van der Waals surface area (Å²) in [6.07, 6.45) is 3.67. The molecule has 1 N–H and O–H groups in total. The van der Waals surface area contributed by atoms with Gasteiger partial charge in [0, 0.05) is 30.6 Å². The minimum absolute atomic E-state index is 0.0872. The van der Waals surface area contributed by atoms with Crippen molar-refractivity contribution in [3.05, 3.63) is 60.0 Å². The van der Waals surface area contributed by atoms with Gasteiger partial charge in [0.1, 0.15) is 5.75 Å². The molecule has 0 fully saturated rings. The van der Waals surface area contributed by atoms with Crippen LogP contribution in [-0.2, 0) is 11.3 Å². The summed E-state index contributed by atoms with van der Waals surface area (Å²) in [6, 6.07) is 11.8. The number of unbranched alkanes of at least 4 members (excludes halogenated alkanes) is 2. The summed E-state index contributed by atoms with van der Waals surface area (Å²) in [4.78, 5) is 25.3. The Labute approximate surface area is 188 Å². The minimum Gasteiger partial charge on any atom is -0.493 e. The molecule has 8 nitrogen and oxygen atoms in total. The summed E-state index contributed by atoms with van der Waals surface area (Å²) in [5.74, 6) is 0.0724. The number of ether oxygens (including phenoxy) is 1. The van der Waals surface area contributed by atoms with E-state index >= 15 is 0 Å². The molecular weight excluding hydrogens is 412 g/mol. The molecule has 0 aliphatic rings. The number of hydrogen-bond acceptors (Lipinski definition) is 6. The molecule has 2 heterocycles. The second-order valence-corrected chi connectivity index (χ2v) is 7.58. The Hall–Kier alpha value is -3.55. The number of amides is 1. The molecule has 0 saturated carbocycles. The topological polar surface area (TPSA) is 106 Å². The van der Waals surface area contributed by atoms with Gasteiger partial charge in [0.05, 0.1) is 14.2 Å². The first-order valence-corrected chi connectivity index (χ1v) is 10.6. The van der Waals surface area contributed by atoms with E-state index in [4.69, 9.17) is 20.2 Å². The minimum atomic E-state index is -1.02. The van der Waals surface area contributed by atoms with Crippen LogP contribution >= 0.6 is 0 Å². The van der Waals surface area contributed by atoms with Crippen LogP contribution in [0.3, 0.4) is 0 Å². The number of carbonyl (C=O) groups excluding carboxylic acids is 1. The lowest BCUT2D eigenvalue weighted by molar-refractivity contribution is -0.137. The number of carbonyl (C=O) groups is 2. The van der Waals surface area contributed by atoms with Gasteiger partial charge in [-0.3, -0.25) is 9.59 Å². The Morgan fingerprint density at radius 3 is 2.69 bits per heavy atom. The summed E-state index contributed by atoms with van der Waals surface area (Å²) in [6.45, 7) is 3.04. The molecule has 2 aromatic heterocycles. The smallest absolute Gasteiger partial charge is 0.303 e. The van der Waals surface area contributed by atoms with Crippen LogP contribution in [0.25, 0.3) is 11.5 Å². The van der Waals surface area contributed by atoms with E-state index in [2.05, 4.69) is 5.16 Å². The van der Waals surface area contributed by atoms with Crippen LogP contribution in [0.5, 0.6) is 5.75 Å². The molecule has 0 saturated heterocycles. The van der Waals surface area contributed by atoms with E-state index in [9.17, 15) is 9.59 Å². The van der Waals surface area contributed by atoms with E-state index in [0.717, 1.165) is 6.42 Å². The number of para-hydroxylation sites is 1. The van der Waals surface area contributed by atoms with Gasteiger partial charge in [-0.05, 0) is 51.3 Å². The summed E-state index contributed by atoms with van der Waals surface area (Å²) in [5.41, 5.74) is 0.643. The van der Waals surface area contributed by atoms with Crippen molar-refractivity contribution in [2.24, 2.45) is 0 Å². The van der Waals surface area contributed by atoms with E-state index in [1.54, 1.807) is 30.3 Å². The zero-order chi connectivity index (χ0) is 23.8. The highest BCUT2D eigenvalue weighted by atomic mass is 16.5. The fraction of sp³-hybridized carbons (Fsp3) is 0.375. The first kappa shape index (κ1) is 21.7. The third-order valence-electron chi connectivity index (χ3n) is 4.77. The lowest BCUT2D eigenvalue weighted by Crippen LogP contribution is -2.36. The van der Waals surface area contributed by atoms with E-state index in [1.165, 1.54) is 17.2 Å². The number of furan rings is 1. The summed E-state index contributed by atoms with van der Waals surface area (Å²) in [7, 11) is 0. The Morgan fingerprint density at radius 2 is 1.97 bits per heavy atom. The highest BCUT2D eigenvalue weighted by molar-refractivity contribution is 5.93. The molecule has 3 rings (SSSR count). The largest absolute Gasteiger partial charge is 0.493 e. The van der Waals surface area contributed by atoms with Crippen LogP contribution in [-0.4, -0.2) is 39.7 Å². The van der Waals surface area contributed by atoms with Crippen molar-refractivity contribution in [3.8, 4) is 17.3 Å². The van der Waals surface area contributed by atoms with Gasteiger partial charge in [-0.15, -0.1) is 0 Å². The van der Waals surface area contributed by atoms with Crippen molar-refractivity contribution in [1.82, 2.24) is 10.1 Å². The maximum Gasteiger partial charge on any atom is 0.303 e. The number of hydrogen-bond donors (Lipinski definition) is 1. The number of benzene rings is 1. The highest BCUT2D eigenvalue weighted by Crippen LogP contribution is 2.25. The highest BCUT2D eigenvalue weighted by Gasteiger charge is 2.24. The quantitative estimate of drug-likeness (QED) is 0.394. The molecule has 170 valence electrons. The molecule has 32 heavy (non-hydrogen) atoms. The average molecular weight is 442 g/mol. The zero-order valence-corrected chi connectivity index (χ0v) is 18.2. The van der Waals surface area contributed by atoms with Crippen molar-refractivity contribution in [2.45, 2.75) is 52.1 Å². The van der Waals surface area contributed by atoms with Gasteiger partial charge in [-0.2, -0.15) is 0 Å². The lowest BCUT2D eigenvalue weighted by atomic mass is 10.1. The number of rotatable bonds is 12. The molecule has 8 heteroatoms. The number of carboxylic acid groups (broad SMARTS) is 1. The van der Waals surface area contributed by atoms with Crippen LogP contribution in [0.4, 0.5) is 0 Å². The van der Waals surface area contributed by atoms with Gasteiger partial charge in [-0.25, -0.2) is 0 Å². The van der Waals surface area contributed by atoms with Crippen LogP contribution in [0.1, 0.15) is 57.0 Å². The number of carboxylic acids is 1. The standard InChI is InChI=1S/C24H28N2O6/c1-17(2)26(24(29)19-15-22(32-25-19)21-11-8-14-31-21)16-18-9-5-6-10-20(18)30-13-7-3-4-12-23(27)28/h5-6,8-11,14-15,17H,3-4,7,12-13,16H2,1-2H3,(H,27,28)/i16D. The zero-order valence-electron chi connectivity index (χ0n) is 19.2. The third kappa shape index (κ3) is 6.23. The van der Waals surface area contributed by atoms with Crippen LogP contribution < -0.4 is 4.74 Å².